The molecule has 0 fully saturated rings. The van der Waals surface area contributed by atoms with Crippen LogP contribution in [0.15, 0.2) is 48.1 Å². The molecule has 0 bridgehead atoms. The fourth-order valence-electron chi connectivity index (χ4n) is 0.821. The van der Waals surface area contributed by atoms with E-state index in [1.165, 1.54) is 16.7 Å². The van der Waals surface area contributed by atoms with E-state index in [4.69, 9.17) is 0 Å². The van der Waals surface area contributed by atoms with Crippen molar-refractivity contribution in [2.45, 2.75) is 27.2 Å². The van der Waals surface area contributed by atoms with Crippen LogP contribution in [0.25, 0.3) is 0 Å². The van der Waals surface area contributed by atoms with E-state index in [2.05, 4.69) is 39.2 Å². The molecule has 0 spiro atoms. The minimum Gasteiger partial charge on any atom is -0.0998 e. The Morgan fingerprint density at radius 1 is 1.17 bits per heavy atom. The summed E-state index contributed by atoms with van der Waals surface area (Å²) in [5.41, 5.74) is 3.70. The maximum Gasteiger partial charge on any atom is -0.00728 e. The standard InChI is InChI=1S/C12H18/c1-6-12(9-11(4)5)8-7-10(2)3/h6-8H,1,4,9H2,2-3,5H3/b12-8+. The highest BCUT2D eigenvalue weighted by atomic mass is 14.0. The SMILES string of the molecule is C=C/C(=C\C=C(C)C)CC(=C)C. The molecule has 0 aromatic carbocycles. The lowest BCUT2D eigenvalue weighted by molar-refractivity contribution is 1.16. The average Bonchev–Trinajstić information content (AvgIpc) is 1.97. The monoisotopic (exact) mass is 162 g/mol. The van der Waals surface area contributed by atoms with Gasteiger partial charge in [0.15, 0.2) is 0 Å². The molecule has 66 valence electrons. The quantitative estimate of drug-likeness (QED) is 0.432. The van der Waals surface area contributed by atoms with Gasteiger partial charge in [0.05, 0.1) is 0 Å². The van der Waals surface area contributed by atoms with Crippen LogP contribution in [-0.2, 0) is 0 Å². The van der Waals surface area contributed by atoms with Crippen LogP contribution in [0.5, 0.6) is 0 Å². The van der Waals surface area contributed by atoms with E-state index in [1.54, 1.807) is 0 Å². The van der Waals surface area contributed by atoms with Crippen molar-refractivity contribution < 1.29 is 0 Å². The van der Waals surface area contributed by atoms with Crippen molar-refractivity contribution >= 4 is 0 Å². The summed E-state index contributed by atoms with van der Waals surface area (Å²) in [6.07, 6.45) is 7.00. The molecule has 0 aliphatic carbocycles. The molecule has 0 N–H and O–H groups in total. The van der Waals surface area contributed by atoms with Gasteiger partial charge in [0.2, 0.25) is 0 Å². The van der Waals surface area contributed by atoms with Gasteiger partial charge in [-0.15, -0.1) is 0 Å². The topological polar surface area (TPSA) is 0 Å². The van der Waals surface area contributed by atoms with Crippen LogP contribution in [0.3, 0.4) is 0 Å². The fourth-order valence-corrected chi connectivity index (χ4v) is 0.821. The summed E-state index contributed by atoms with van der Waals surface area (Å²) in [4.78, 5) is 0. The van der Waals surface area contributed by atoms with Gasteiger partial charge in [0.25, 0.3) is 0 Å². The Hall–Kier alpha value is -1.04. The molecule has 0 atom stereocenters. The van der Waals surface area contributed by atoms with Crippen LogP contribution >= 0.6 is 0 Å². The lowest BCUT2D eigenvalue weighted by atomic mass is 10.1. The third kappa shape index (κ3) is 5.72. The van der Waals surface area contributed by atoms with E-state index in [1.807, 2.05) is 13.0 Å². The van der Waals surface area contributed by atoms with Crippen molar-refractivity contribution in [1.82, 2.24) is 0 Å². The van der Waals surface area contributed by atoms with Crippen LogP contribution in [0, 0.1) is 0 Å². The van der Waals surface area contributed by atoms with E-state index in [0.29, 0.717) is 0 Å². The van der Waals surface area contributed by atoms with Gasteiger partial charge in [-0.05, 0) is 32.8 Å². The van der Waals surface area contributed by atoms with Crippen molar-refractivity contribution in [3.63, 3.8) is 0 Å². The van der Waals surface area contributed by atoms with Crippen molar-refractivity contribution in [3.05, 3.63) is 48.1 Å². The summed E-state index contributed by atoms with van der Waals surface area (Å²) in [6.45, 7) is 13.8. The summed E-state index contributed by atoms with van der Waals surface area (Å²) < 4.78 is 0. The van der Waals surface area contributed by atoms with Gasteiger partial charge in [-0.2, -0.15) is 0 Å². The Kier molecular flexibility index (Phi) is 5.11. The van der Waals surface area contributed by atoms with Gasteiger partial charge in [-0.1, -0.05) is 42.5 Å². The molecule has 0 aromatic rings. The average molecular weight is 162 g/mol. The Morgan fingerprint density at radius 3 is 2.08 bits per heavy atom. The first-order chi connectivity index (χ1) is 5.56. The molecule has 0 saturated carbocycles. The maximum atomic E-state index is 3.86. The first kappa shape index (κ1) is 11.0. The second kappa shape index (κ2) is 5.59. The normalized spacial score (nSPS) is 10.8. The van der Waals surface area contributed by atoms with E-state index < -0.39 is 0 Å². The van der Waals surface area contributed by atoms with Crippen LogP contribution < -0.4 is 0 Å². The molecule has 0 nitrogen and oxygen atoms in total. The molecule has 0 heterocycles. The van der Waals surface area contributed by atoms with Gasteiger partial charge >= 0.3 is 0 Å². The van der Waals surface area contributed by atoms with Gasteiger partial charge in [-0.3, -0.25) is 0 Å². The van der Waals surface area contributed by atoms with Crippen LogP contribution in [0.1, 0.15) is 27.2 Å². The second-order valence-electron chi connectivity index (χ2n) is 3.32. The Balaban J connectivity index is 4.34. The first-order valence-corrected chi connectivity index (χ1v) is 4.17. The largest absolute Gasteiger partial charge is 0.0998 e. The van der Waals surface area contributed by atoms with E-state index >= 15 is 0 Å². The predicted octanol–water partition coefficient (Wildman–Crippen LogP) is 4.03. The smallest absolute Gasteiger partial charge is 0.00728 e. The number of hydrogen-bond donors (Lipinski definition) is 0. The second-order valence-corrected chi connectivity index (χ2v) is 3.32. The van der Waals surface area contributed by atoms with Gasteiger partial charge in [0.1, 0.15) is 0 Å². The molecule has 0 amide bonds. The summed E-state index contributed by atoms with van der Waals surface area (Å²) in [5.74, 6) is 0. The van der Waals surface area contributed by atoms with Gasteiger partial charge in [-0.25, -0.2) is 0 Å². The molecular weight excluding hydrogens is 144 g/mol. The molecule has 0 saturated heterocycles. The van der Waals surface area contributed by atoms with E-state index in [0.717, 1.165) is 6.42 Å². The highest BCUT2D eigenvalue weighted by molar-refractivity contribution is 5.27. The zero-order valence-corrected chi connectivity index (χ0v) is 8.35. The molecule has 0 aliphatic heterocycles. The minimum atomic E-state index is 0.924. The molecule has 0 unspecified atom stereocenters. The van der Waals surface area contributed by atoms with E-state index in [-0.39, 0.29) is 0 Å². The number of rotatable bonds is 4. The highest BCUT2D eigenvalue weighted by Crippen LogP contribution is 2.09. The molecule has 0 aliphatic rings. The Bertz CT molecular complexity index is 222. The lowest BCUT2D eigenvalue weighted by Gasteiger charge is -1.98. The third-order valence-electron chi connectivity index (χ3n) is 1.40. The van der Waals surface area contributed by atoms with Crippen LogP contribution in [-0.4, -0.2) is 0 Å². The summed E-state index contributed by atoms with van der Waals surface area (Å²) in [5, 5.41) is 0. The predicted molar refractivity (Wildman–Crippen MR) is 57.1 cm³/mol. The fraction of sp³-hybridized carbons (Fsp3) is 0.333. The highest BCUT2D eigenvalue weighted by Gasteiger charge is 1.89. The summed E-state index contributed by atoms with van der Waals surface area (Å²) in [7, 11) is 0. The lowest BCUT2D eigenvalue weighted by Crippen LogP contribution is -1.78. The number of hydrogen-bond acceptors (Lipinski definition) is 0. The Morgan fingerprint density at radius 2 is 1.75 bits per heavy atom. The first-order valence-electron chi connectivity index (χ1n) is 4.17. The van der Waals surface area contributed by atoms with Gasteiger partial charge < -0.3 is 0 Å². The van der Waals surface area contributed by atoms with Crippen LogP contribution in [0.4, 0.5) is 0 Å². The van der Waals surface area contributed by atoms with Crippen LogP contribution in [0.2, 0.25) is 0 Å². The van der Waals surface area contributed by atoms with Crippen molar-refractivity contribution in [3.8, 4) is 0 Å². The molecule has 0 aromatic heterocycles. The summed E-state index contributed by atoms with van der Waals surface area (Å²) >= 11 is 0. The maximum absolute atomic E-state index is 3.86. The molecule has 0 rings (SSSR count). The van der Waals surface area contributed by atoms with Crippen molar-refractivity contribution in [2.24, 2.45) is 0 Å². The molecular formula is C12H18. The molecule has 12 heavy (non-hydrogen) atoms. The Labute approximate surface area is 76.0 Å². The van der Waals surface area contributed by atoms with Gasteiger partial charge in [0, 0.05) is 0 Å². The zero-order chi connectivity index (χ0) is 9.56. The minimum absolute atomic E-state index is 0.924. The third-order valence-corrected chi connectivity index (χ3v) is 1.40. The zero-order valence-electron chi connectivity index (χ0n) is 8.35. The molecule has 0 radical (unpaired) electrons. The van der Waals surface area contributed by atoms with E-state index in [9.17, 15) is 0 Å². The van der Waals surface area contributed by atoms with Crippen molar-refractivity contribution in [2.75, 3.05) is 0 Å². The number of allylic oxidation sites excluding steroid dienone is 6. The molecule has 0 heteroatoms. The summed E-state index contributed by atoms with van der Waals surface area (Å²) in [6, 6.07) is 0. The van der Waals surface area contributed by atoms with Crippen molar-refractivity contribution in [1.29, 1.82) is 0 Å².